The zero-order valence-corrected chi connectivity index (χ0v) is 10.7. The highest BCUT2D eigenvalue weighted by Crippen LogP contribution is 2.45. The van der Waals surface area contributed by atoms with Crippen LogP contribution in [0.5, 0.6) is 0 Å². The summed E-state index contributed by atoms with van der Waals surface area (Å²) in [7, 11) is 0. The van der Waals surface area contributed by atoms with E-state index in [2.05, 4.69) is 11.9 Å². The predicted octanol–water partition coefficient (Wildman–Crippen LogP) is 3.29. The molecule has 16 heavy (non-hydrogen) atoms. The van der Waals surface area contributed by atoms with E-state index >= 15 is 0 Å². The fraction of sp³-hybridized carbons (Fsp3) is 0.455. The van der Waals surface area contributed by atoms with Gasteiger partial charge in [0.15, 0.2) is 5.13 Å². The number of aromatic nitrogens is 2. The largest absolute Gasteiger partial charge is 0.375 e. The molecule has 2 aromatic rings. The average molecular weight is 251 g/mol. The first kappa shape index (κ1) is 10.2. The van der Waals surface area contributed by atoms with Crippen LogP contribution < -0.4 is 5.73 Å². The van der Waals surface area contributed by atoms with Crippen LogP contribution in [0.2, 0.25) is 0 Å². The second-order valence-electron chi connectivity index (χ2n) is 4.03. The Balaban J connectivity index is 2.04. The van der Waals surface area contributed by atoms with Gasteiger partial charge in [-0.2, -0.15) is 0 Å². The monoisotopic (exact) mass is 251 g/mol. The van der Waals surface area contributed by atoms with E-state index in [0.717, 1.165) is 18.0 Å². The van der Waals surface area contributed by atoms with Gasteiger partial charge in [0.05, 0.1) is 21.3 Å². The fourth-order valence-corrected chi connectivity index (χ4v) is 3.62. The summed E-state index contributed by atoms with van der Waals surface area (Å²) < 4.78 is 0. The zero-order chi connectivity index (χ0) is 11.1. The number of thiazole rings is 2. The third-order valence-electron chi connectivity index (χ3n) is 2.73. The summed E-state index contributed by atoms with van der Waals surface area (Å²) in [4.78, 5) is 10.3. The highest BCUT2D eigenvalue weighted by molar-refractivity contribution is 7.16. The Kier molecular flexibility index (Phi) is 2.44. The minimum Gasteiger partial charge on any atom is -0.375 e. The summed E-state index contributed by atoms with van der Waals surface area (Å²) in [5.74, 6) is 0.722. The Hall–Kier alpha value is -0.940. The molecule has 1 fully saturated rings. The second-order valence-corrected chi connectivity index (χ2v) is 5.95. The molecule has 0 bridgehead atoms. The Labute approximate surface area is 102 Å². The molecule has 5 heteroatoms. The van der Waals surface area contributed by atoms with Crippen molar-refractivity contribution in [1.29, 1.82) is 0 Å². The maximum absolute atomic E-state index is 5.68. The van der Waals surface area contributed by atoms with E-state index in [-0.39, 0.29) is 0 Å². The number of nitrogens with two attached hydrogens (primary N) is 1. The molecular weight excluding hydrogens is 238 g/mol. The van der Waals surface area contributed by atoms with Crippen molar-refractivity contribution in [3.63, 3.8) is 0 Å². The maximum atomic E-state index is 5.68. The molecule has 2 N–H and O–H groups in total. The van der Waals surface area contributed by atoms with Crippen molar-refractivity contribution >= 4 is 27.8 Å². The van der Waals surface area contributed by atoms with Crippen LogP contribution >= 0.6 is 22.7 Å². The predicted molar refractivity (Wildman–Crippen MR) is 69.0 cm³/mol. The molecule has 1 aliphatic rings. The van der Waals surface area contributed by atoms with Gasteiger partial charge in [-0.25, -0.2) is 9.97 Å². The maximum Gasteiger partial charge on any atom is 0.180 e. The molecule has 0 saturated heterocycles. The minimum atomic E-state index is 0.637. The van der Waals surface area contributed by atoms with Gasteiger partial charge < -0.3 is 5.73 Å². The van der Waals surface area contributed by atoms with Crippen molar-refractivity contribution < 1.29 is 0 Å². The van der Waals surface area contributed by atoms with Crippen LogP contribution in [0.1, 0.15) is 36.4 Å². The lowest BCUT2D eigenvalue weighted by Crippen LogP contribution is -1.86. The van der Waals surface area contributed by atoms with Gasteiger partial charge in [-0.1, -0.05) is 6.92 Å². The van der Waals surface area contributed by atoms with E-state index in [9.17, 15) is 0 Å². The van der Waals surface area contributed by atoms with Crippen molar-refractivity contribution in [2.45, 2.75) is 32.1 Å². The fourth-order valence-electron chi connectivity index (χ4n) is 1.71. The van der Waals surface area contributed by atoms with Gasteiger partial charge >= 0.3 is 0 Å². The van der Waals surface area contributed by atoms with Crippen molar-refractivity contribution in [3.8, 4) is 10.6 Å². The first-order valence-electron chi connectivity index (χ1n) is 5.49. The number of anilines is 1. The molecule has 0 aromatic carbocycles. The van der Waals surface area contributed by atoms with E-state index in [1.54, 1.807) is 11.3 Å². The summed E-state index contributed by atoms with van der Waals surface area (Å²) in [6.45, 7) is 2.14. The lowest BCUT2D eigenvalue weighted by atomic mass is 10.2. The second kappa shape index (κ2) is 3.82. The lowest BCUT2D eigenvalue weighted by Gasteiger charge is -1.93. The quantitative estimate of drug-likeness (QED) is 0.910. The number of hydrogen-bond acceptors (Lipinski definition) is 5. The van der Waals surface area contributed by atoms with E-state index in [1.165, 1.54) is 39.8 Å². The molecule has 1 saturated carbocycles. The molecule has 84 valence electrons. The number of aryl methyl sites for hydroxylation is 1. The van der Waals surface area contributed by atoms with Crippen molar-refractivity contribution in [2.75, 3.05) is 5.73 Å². The third-order valence-corrected chi connectivity index (χ3v) is 4.69. The van der Waals surface area contributed by atoms with E-state index in [0.29, 0.717) is 5.13 Å². The summed E-state index contributed by atoms with van der Waals surface area (Å²) in [5.41, 5.74) is 7.86. The normalized spacial score (nSPS) is 15.6. The molecule has 2 heterocycles. The molecule has 0 atom stereocenters. The molecule has 0 aliphatic heterocycles. The third kappa shape index (κ3) is 1.74. The zero-order valence-electron chi connectivity index (χ0n) is 9.06. The van der Waals surface area contributed by atoms with Gasteiger partial charge in [0.25, 0.3) is 0 Å². The number of nitrogen functional groups attached to an aromatic ring is 1. The van der Waals surface area contributed by atoms with Crippen LogP contribution in [0.3, 0.4) is 0 Å². The number of nitrogens with zero attached hydrogens (tertiary/aromatic N) is 2. The highest BCUT2D eigenvalue weighted by Gasteiger charge is 2.28. The molecule has 0 spiro atoms. The van der Waals surface area contributed by atoms with Crippen molar-refractivity contribution in [3.05, 3.63) is 16.1 Å². The van der Waals surface area contributed by atoms with Crippen LogP contribution in [0.15, 0.2) is 5.38 Å². The lowest BCUT2D eigenvalue weighted by molar-refractivity contribution is 0.997. The molecule has 1 aliphatic carbocycles. The number of hydrogen-bond donors (Lipinski definition) is 1. The average Bonchev–Trinajstić information content (AvgIpc) is 2.89. The SMILES string of the molecule is CCc1nc(C2CC2)sc1-c1csc(N)n1. The molecular formula is C11H13N3S2. The van der Waals surface area contributed by atoms with Gasteiger partial charge in [0, 0.05) is 11.3 Å². The van der Waals surface area contributed by atoms with Crippen LogP contribution in [-0.2, 0) is 6.42 Å². The summed E-state index contributed by atoms with van der Waals surface area (Å²) in [5, 5.41) is 3.95. The van der Waals surface area contributed by atoms with Crippen LogP contribution in [0.25, 0.3) is 10.6 Å². The van der Waals surface area contributed by atoms with Crippen LogP contribution in [-0.4, -0.2) is 9.97 Å². The first-order valence-corrected chi connectivity index (χ1v) is 7.18. The van der Waals surface area contributed by atoms with E-state index < -0.39 is 0 Å². The minimum absolute atomic E-state index is 0.637. The molecule has 0 amide bonds. The van der Waals surface area contributed by atoms with Gasteiger partial charge in [0.2, 0.25) is 0 Å². The van der Waals surface area contributed by atoms with Crippen LogP contribution in [0, 0.1) is 0 Å². The van der Waals surface area contributed by atoms with E-state index in [1.807, 2.05) is 5.38 Å². The summed E-state index contributed by atoms with van der Waals surface area (Å²) in [6.07, 6.45) is 3.57. The Morgan fingerprint density at radius 3 is 2.81 bits per heavy atom. The summed E-state index contributed by atoms with van der Waals surface area (Å²) in [6, 6.07) is 0. The molecule has 0 unspecified atom stereocenters. The van der Waals surface area contributed by atoms with Gasteiger partial charge in [0.1, 0.15) is 0 Å². The van der Waals surface area contributed by atoms with Gasteiger partial charge in [-0.3, -0.25) is 0 Å². The van der Waals surface area contributed by atoms with Crippen molar-refractivity contribution in [1.82, 2.24) is 9.97 Å². The molecule has 3 rings (SSSR count). The van der Waals surface area contributed by atoms with Crippen molar-refractivity contribution in [2.24, 2.45) is 0 Å². The topological polar surface area (TPSA) is 51.8 Å². The van der Waals surface area contributed by atoms with Gasteiger partial charge in [-0.05, 0) is 19.3 Å². The van der Waals surface area contributed by atoms with Crippen LogP contribution in [0.4, 0.5) is 5.13 Å². The molecule has 0 radical (unpaired) electrons. The van der Waals surface area contributed by atoms with E-state index in [4.69, 9.17) is 10.7 Å². The summed E-state index contributed by atoms with van der Waals surface area (Å²) >= 11 is 3.30. The Morgan fingerprint density at radius 1 is 1.44 bits per heavy atom. The smallest absolute Gasteiger partial charge is 0.180 e. The Morgan fingerprint density at radius 2 is 2.25 bits per heavy atom. The highest BCUT2D eigenvalue weighted by atomic mass is 32.1. The number of rotatable bonds is 3. The van der Waals surface area contributed by atoms with Gasteiger partial charge in [-0.15, -0.1) is 22.7 Å². The first-order chi connectivity index (χ1) is 7.78. The molecule has 3 nitrogen and oxygen atoms in total. The standard InChI is InChI=1S/C11H13N3S2/c1-2-7-9(8-5-15-11(12)14-8)16-10(13-7)6-3-4-6/h5-6H,2-4H2,1H3,(H2,12,14). The molecule has 2 aromatic heterocycles. The Bertz CT molecular complexity index is 511.